The van der Waals surface area contributed by atoms with E-state index in [4.69, 9.17) is 11.6 Å². The summed E-state index contributed by atoms with van der Waals surface area (Å²) < 4.78 is 0. The molecule has 1 saturated heterocycles. The maximum atomic E-state index is 12.7. The number of carbonyl (C=O) groups is 2. The number of benzene rings is 2. The Labute approximate surface area is 182 Å². The standard InChI is InChI=1S/C23H27ClN2O2S/c1-15(2)18-7-5-6-8-19(18)26-20(27)13-29-21(26)16-9-11-17(12-10-16)25-22(28)23(3,4)14-24/h5-12,15,21H,13-14H2,1-4H3,(H,25,28). The van der Waals surface area contributed by atoms with Crippen LogP contribution in [0.2, 0.25) is 0 Å². The van der Waals surface area contributed by atoms with E-state index in [0.29, 0.717) is 11.7 Å². The second kappa shape index (κ2) is 8.80. The highest BCUT2D eigenvalue weighted by molar-refractivity contribution is 8.00. The third-order valence-electron chi connectivity index (χ3n) is 5.09. The Morgan fingerprint density at radius 1 is 1.21 bits per heavy atom. The Kier molecular flexibility index (Phi) is 6.59. The van der Waals surface area contributed by atoms with Crippen molar-refractivity contribution < 1.29 is 9.59 Å². The topological polar surface area (TPSA) is 49.4 Å². The first-order valence-corrected chi connectivity index (χ1v) is 11.3. The molecular formula is C23H27ClN2O2S. The molecular weight excluding hydrogens is 404 g/mol. The van der Waals surface area contributed by atoms with Gasteiger partial charge in [-0.2, -0.15) is 0 Å². The van der Waals surface area contributed by atoms with Crippen LogP contribution < -0.4 is 10.2 Å². The van der Waals surface area contributed by atoms with Crippen molar-refractivity contribution in [3.8, 4) is 0 Å². The van der Waals surface area contributed by atoms with Crippen molar-refractivity contribution in [2.24, 2.45) is 5.41 Å². The van der Waals surface area contributed by atoms with Crippen LogP contribution in [-0.4, -0.2) is 23.4 Å². The molecule has 3 rings (SSSR count). The van der Waals surface area contributed by atoms with Crippen LogP contribution in [0.25, 0.3) is 0 Å². The van der Waals surface area contributed by atoms with E-state index in [-0.39, 0.29) is 23.1 Å². The fourth-order valence-electron chi connectivity index (χ4n) is 3.22. The third kappa shape index (κ3) is 4.62. The third-order valence-corrected chi connectivity index (χ3v) is 6.97. The molecule has 1 aliphatic rings. The SMILES string of the molecule is CC(C)c1ccccc1N1C(=O)CSC1c1ccc(NC(=O)C(C)(C)CCl)cc1. The minimum Gasteiger partial charge on any atom is -0.326 e. The van der Waals surface area contributed by atoms with Crippen LogP contribution in [0.3, 0.4) is 0 Å². The molecule has 2 aromatic rings. The van der Waals surface area contributed by atoms with E-state index in [1.165, 1.54) is 5.56 Å². The Balaban J connectivity index is 1.85. The van der Waals surface area contributed by atoms with Gasteiger partial charge in [0.25, 0.3) is 0 Å². The molecule has 4 nitrogen and oxygen atoms in total. The number of anilines is 2. The molecule has 1 atom stereocenters. The molecule has 2 amide bonds. The van der Waals surface area contributed by atoms with E-state index in [2.05, 4.69) is 25.2 Å². The number of para-hydroxylation sites is 1. The van der Waals surface area contributed by atoms with Crippen LogP contribution >= 0.6 is 23.4 Å². The van der Waals surface area contributed by atoms with Crippen LogP contribution in [0.1, 0.15) is 50.1 Å². The van der Waals surface area contributed by atoms with Crippen LogP contribution in [0, 0.1) is 5.41 Å². The van der Waals surface area contributed by atoms with Gasteiger partial charge in [-0.1, -0.05) is 44.2 Å². The van der Waals surface area contributed by atoms with Crippen molar-refractivity contribution in [2.75, 3.05) is 21.8 Å². The smallest absolute Gasteiger partial charge is 0.238 e. The van der Waals surface area contributed by atoms with E-state index in [1.54, 1.807) is 11.8 Å². The van der Waals surface area contributed by atoms with Gasteiger partial charge in [0.1, 0.15) is 5.37 Å². The number of alkyl halides is 1. The lowest BCUT2D eigenvalue weighted by atomic mass is 9.95. The lowest BCUT2D eigenvalue weighted by Gasteiger charge is -2.28. The fourth-order valence-corrected chi connectivity index (χ4v) is 4.51. The Morgan fingerprint density at radius 2 is 1.86 bits per heavy atom. The van der Waals surface area contributed by atoms with Gasteiger partial charge >= 0.3 is 0 Å². The van der Waals surface area contributed by atoms with Gasteiger partial charge in [0, 0.05) is 17.3 Å². The maximum absolute atomic E-state index is 12.7. The van der Waals surface area contributed by atoms with E-state index in [9.17, 15) is 9.59 Å². The number of thioether (sulfide) groups is 1. The van der Waals surface area contributed by atoms with E-state index in [0.717, 1.165) is 16.9 Å². The van der Waals surface area contributed by atoms with E-state index in [1.807, 2.05) is 61.2 Å². The number of hydrogen-bond donors (Lipinski definition) is 1. The fraction of sp³-hybridized carbons (Fsp3) is 0.391. The summed E-state index contributed by atoms with van der Waals surface area (Å²) in [4.78, 5) is 27.0. The van der Waals surface area contributed by atoms with Crippen molar-refractivity contribution in [1.29, 1.82) is 0 Å². The summed E-state index contributed by atoms with van der Waals surface area (Å²) in [7, 11) is 0. The van der Waals surface area contributed by atoms with Crippen molar-refractivity contribution in [2.45, 2.75) is 39.0 Å². The quantitative estimate of drug-likeness (QED) is 0.590. The first kappa shape index (κ1) is 21.7. The molecule has 1 aliphatic heterocycles. The van der Waals surface area contributed by atoms with Crippen molar-refractivity contribution in [3.63, 3.8) is 0 Å². The number of rotatable bonds is 6. The number of amides is 2. The largest absolute Gasteiger partial charge is 0.326 e. The molecule has 6 heteroatoms. The summed E-state index contributed by atoms with van der Waals surface area (Å²) in [5.41, 5.74) is 3.27. The Morgan fingerprint density at radius 3 is 2.48 bits per heavy atom. The summed E-state index contributed by atoms with van der Waals surface area (Å²) in [6.07, 6.45) is 0. The number of nitrogens with zero attached hydrogens (tertiary/aromatic N) is 1. The van der Waals surface area contributed by atoms with Crippen molar-refractivity contribution >= 4 is 46.6 Å². The van der Waals surface area contributed by atoms with Gasteiger partial charge < -0.3 is 5.32 Å². The van der Waals surface area contributed by atoms with Crippen molar-refractivity contribution in [3.05, 3.63) is 59.7 Å². The minimum atomic E-state index is -0.634. The second-order valence-electron chi connectivity index (χ2n) is 8.23. The first-order chi connectivity index (χ1) is 13.7. The summed E-state index contributed by atoms with van der Waals surface area (Å²) in [5.74, 6) is 1.04. The lowest BCUT2D eigenvalue weighted by Crippen LogP contribution is -2.32. The maximum Gasteiger partial charge on any atom is 0.238 e. The number of hydrogen-bond acceptors (Lipinski definition) is 3. The molecule has 1 heterocycles. The zero-order chi connectivity index (χ0) is 21.2. The highest BCUT2D eigenvalue weighted by atomic mass is 35.5. The van der Waals surface area contributed by atoms with Crippen molar-refractivity contribution in [1.82, 2.24) is 0 Å². The second-order valence-corrected chi connectivity index (χ2v) is 9.57. The normalized spacial score (nSPS) is 17.1. The average Bonchev–Trinajstić information content (AvgIpc) is 3.09. The predicted octanol–water partition coefficient (Wildman–Crippen LogP) is 5.79. The predicted molar refractivity (Wildman–Crippen MR) is 123 cm³/mol. The highest BCUT2D eigenvalue weighted by Gasteiger charge is 2.35. The molecule has 0 aliphatic carbocycles. The average molecular weight is 431 g/mol. The number of carbonyl (C=O) groups excluding carboxylic acids is 2. The summed E-state index contributed by atoms with van der Waals surface area (Å²) in [6, 6.07) is 15.8. The zero-order valence-electron chi connectivity index (χ0n) is 17.2. The summed E-state index contributed by atoms with van der Waals surface area (Å²) >= 11 is 7.51. The first-order valence-electron chi connectivity index (χ1n) is 9.74. The van der Waals surface area contributed by atoms with Crippen LogP contribution in [-0.2, 0) is 9.59 Å². The monoisotopic (exact) mass is 430 g/mol. The van der Waals surface area contributed by atoms with Gasteiger partial charge in [-0.05, 0) is 49.1 Å². The van der Waals surface area contributed by atoms with Gasteiger partial charge in [0.15, 0.2) is 0 Å². The van der Waals surface area contributed by atoms with Crippen LogP contribution in [0.4, 0.5) is 11.4 Å². The molecule has 0 radical (unpaired) electrons. The molecule has 1 N–H and O–H groups in total. The van der Waals surface area contributed by atoms with Crippen LogP contribution in [0.5, 0.6) is 0 Å². The van der Waals surface area contributed by atoms with E-state index < -0.39 is 5.41 Å². The summed E-state index contributed by atoms with van der Waals surface area (Å²) in [6.45, 7) is 7.91. The highest BCUT2D eigenvalue weighted by Crippen LogP contribution is 2.44. The van der Waals surface area contributed by atoms with Gasteiger partial charge in [-0.15, -0.1) is 23.4 Å². The minimum absolute atomic E-state index is 0.0774. The van der Waals surface area contributed by atoms with Gasteiger partial charge in [-0.25, -0.2) is 0 Å². The van der Waals surface area contributed by atoms with E-state index >= 15 is 0 Å². The zero-order valence-corrected chi connectivity index (χ0v) is 18.8. The van der Waals surface area contributed by atoms with Gasteiger partial charge in [-0.3, -0.25) is 14.5 Å². The number of nitrogens with one attached hydrogen (secondary N) is 1. The molecule has 0 aromatic heterocycles. The molecule has 154 valence electrons. The Bertz CT molecular complexity index is 896. The van der Waals surface area contributed by atoms with Gasteiger partial charge in [0.2, 0.25) is 11.8 Å². The summed E-state index contributed by atoms with van der Waals surface area (Å²) in [5, 5.41) is 2.84. The Hall–Kier alpha value is -1.98. The van der Waals surface area contributed by atoms with Crippen LogP contribution in [0.15, 0.2) is 48.5 Å². The molecule has 2 aromatic carbocycles. The molecule has 0 bridgehead atoms. The van der Waals surface area contributed by atoms with Gasteiger partial charge in [0.05, 0.1) is 11.2 Å². The molecule has 0 saturated carbocycles. The number of halogens is 1. The molecule has 0 spiro atoms. The molecule has 29 heavy (non-hydrogen) atoms. The lowest BCUT2D eigenvalue weighted by molar-refractivity contribution is -0.123. The molecule has 1 fully saturated rings. The molecule has 1 unspecified atom stereocenters.